The van der Waals surface area contributed by atoms with Crippen molar-refractivity contribution >= 4 is 23.8 Å². The number of carbonyl (C=O) groups is 4. The average Bonchev–Trinajstić information content (AvgIpc) is 3.32. The molecule has 0 aliphatic heterocycles. The third-order valence-corrected chi connectivity index (χ3v) is 6.90. The van der Waals surface area contributed by atoms with E-state index in [4.69, 9.17) is 18.9 Å². The molecule has 9 heteroatoms. The van der Waals surface area contributed by atoms with Crippen LogP contribution in [0.2, 0.25) is 0 Å². The fraction of sp³-hybridized carbons (Fsp3) is 0.314. The van der Waals surface area contributed by atoms with Crippen LogP contribution >= 0.6 is 0 Å². The van der Waals surface area contributed by atoms with E-state index in [0.717, 1.165) is 28.3 Å². The van der Waals surface area contributed by atoms with Crippen LogP contribution in [0.25, 0.3) is 11.1 Å². The lowest BCUT2D eigenvalue weighted by Gasteiger charge is -2.30. The first-order valence-electron chi connectivity index (χ1n) is 14.4. The van der Waals surface area contributed by atoms with Crippen molar-refractivity contribution in [2.24, 2.45) is 0 Å². The second-order valence-electron chi connectivity index (χ2n) is 11.3. The number of hydrogen-bond acceptors (Lipinski definition) is 8. The summed E-state index contributed by atoms with van der Waals surface area (Å²) in [6, 6.07) is 23.3. The second-order valence-corrected chi connectivity index (χ2v) is 11.3. The monoisotopic (exact) mass is 599 g/mol. The van der Waals surface area contributed by atoms with E-state index in [2.05, 4.69) is 5.32 Å². The Morgan fingerprint density at radius 2 is 1.41 bits per heavy atom. The van der Waals surface area contributed by atoms with E-state index >= 15 is 0 Å². The lowest BCUT2D eigenvalue weighted by atomic mass is 9.98. The van der Waals surface area contributed by atoms with Crippen LogP contribution in [0.15, 0.2) is 91.0 Å². The molecule has 3 aromatic carbocycles. The van der Waals surface area contributed by atoms with Crippen LogP contribution in [0.3, 0.4) is 0 Å². The van der Waals surface area contributed by atoms with Gasteiger partial charge in [-0.1, -0.05) is 78.9 Å². The zero-order valence-corrected chi connectivity index (χ0v) is 25.3. The fourth-order valence-corrected chi connectivity index (χ4v) is 5.02. The number of hydrogen-bond donors (Lipinski definition) is 1. The number of rotatable bonds is 12. The minimum Gasteiger partial charge on any atom is -0.460 e. The van der Waals surface area contributed by atoms with E-state index in [1.165, 1.54) is 6.08 Å². The Morgan fingerprint density at radius 3 is 2.02 bits per heavy atom. The Hall–Kier alpha value is -4.76. The van der Waals surface area contributed by atoms with Crippen molar-refractivity contribution in [3.05, 3.63) is 108 Å². The smallest absolute Gasteiger partial charge is 0.407 e. The molecule has 0 unspecified atom stereocenters. The molecule has 0 aromatic heterocycles. The van der Waals surface area contributed by atoms with Crippen LogP contribution in [-0.4, -0.2) is 61.4 Å². The third kappa shape index (κ3) is 8.64. The maximum atomic E-state index is 13.0. The summed E-state index contributed by atoms with van der Waals surface area (Å²) in [6.07, 6.45) is 0.794. The topological polar surface area (TPSA) is 117 Å². The molecule has 1 aliphatic carbocycles. The van der Waals surface area contributed by atoms with Gasteiger partial charge in [-0.25, -0.2) is 14.4 Å². The fourth-order valence-electron chi connectivity index (χ4n) is 5.02. The van der Waals surface area contributed by atoms with Crippen LogP contribution < -0.4 is 5.32 Å². The SMILES string of the molecule is C[C@@H](OC(C)(C)C)[C@H](NC(=O)OCC1c2ccccc2-c2ccccc21)C(=O)OC/C=C/C(=O)OCC(=O)c1ccccc1. The van der Waals surface area contributed by atoms with Gasteiger partial charge < -0.3 is 24.3 Å². The number of nitrogens with one attached hydrogen (secondary N) is 1. The number of fused-ring (bicyclic) bond motifs is 3. The van der Waals surface area contributed by atoms with Gasteiger partial charge >= 0.3 is 18.0 Å². The Morgan fingerprint density at radius 1 is 0.818 bits per heavy atom. The maximum Gasteiger partial charge on any atom is 0.407 e. The number of Topliss-reactive ketones (excluding diaryl/α,β-unsaturated/α-hetero) is 1. The molecule has 4 rings (SSSR count). The summed E-state index contributed by atoms with van der Waals surface area (Å²) in [6.45, 7) is 6.53. The normalized spacial score (nSPS) is 13.8. The van der Waals surface area contributed by atoms with Gasteiger partial charge in [-0.2, -0.15) is 0 Å². The molecule has 2 atom stereocenters. The van der Waals surface area contributed by atoms with Gasteiger partial charge in [0.15, 0.2) is 18.4 Å². The Kier molecular flexibility index (Phi) is 10.7. The van der Waals surface area contributed by atoms with Gasteiger partial charge in [0.05, 0.1) is 11.7 Å². The number of ether oxygens (including phenoxy) is 4. The number of ketones is 1. The first-order valence-corrected chi connectivity index (χ1v) is 14.4. The van der Waals surface area contributed by atoms with Crippen LogP contribution in [-0.2, 0) is 28.5 Å². The van der Waals surface area contributed by atoms with E-state index in [9.17, 15) is 19.2 Å². The molecule has 0 radical (unpaired) electrons. The molecule has 3 aromatic rings. The van der Waals surface area contributed by atoms with Crippen molar-refractivity contribution < 1.29 is 38.1 Å². The molecule has 0 saturated carbocycles. The molecule has 230 valence electrons. The van der Waals surface area contributed by atoms with Gasteiger partial charge in [0, 0.05) is 17.6 Å². The summed E-state index contributed by atoms with van der Waals surface area (Å²) >= 11 is 0. The van der Waals surface area contributed by atoms with E-state index in [1.807, 2.05) is 69.3 Å². The summed E-state index contributed by atoms with van der Waals surface area (Å²) in [5.74, 6) is -2.01. The minimum absolute atomic E-state index is 0.0771. The molecule has 1 N–H and O–H groups in total. The van der Waals surface area contributed by atoms with Crippen LogP contribution in [0.4, 0.5) is 4.79 Å². The summed E-state index contributed by atoms with van der Waals surface area (Å²) in [4.78, 5) is 50.1. The van der Waals surface area contributed by atoms with Crippen molar-refractivity contribution in [1.82, 2.24) is 5.32 Å². The number of benzene rings is 3. The van der Waals surface area contributed by atoms with Gasteiger partial charge in [-0.05, 0) is 56.0 Å². The Bertz CT molecular complexity index is 1460. The standard InChI is InChI=1S/C35H37NO8/c1-23(44-35(2,3)4)32(33(39)41-20-12-19-31(38)42-22-30(37)24-13-6-5-7-14-24)36-34(40)43-21-29-27-17-10-8-15-25(27)26-16-9-11-18-28(26)29/h5-19,23,29,32H,20-22H2,1-4H3,(H,36,40)/b19-12+/t23-,32+/m1/s1. The van der Waals surface area contributed by atoms with Gasteiger partial charge in [0.1, 0.15) is 13.2 Å². The number of carbonyl (C=O) groups excluding carboxylic acids is 4. The molecule has 0 bridgehead atoms. The largest absolute Gasteiger partial charge is 0.460 e. The quantitative estimate of drug-likeness (QED) is 0.123. The van der Waals surface area contributed by atoms with E-state index < -0.39 is 42.4 Å². The van der Waals surface area contributed by atoms with Gasteiger partial charge in [-0.3, -0.25) is 4.79 Å². The third-order valence-electron chi connectivity index (χ3n) is 6.90. The van der Waals surface area contributed by atoms with E-state index in [-0.39, 0.29) is 24.9 Å². The molecular formula is C35H37NO8. The van der Waals surface area contributed by atoms with Crippen molar-refractivity contribution in [1.29, 1.82) is 0 Å². The lowest BCUT2D eigenvalue weighted by Crippen LogP contribution is -2.51. The van der Waals surface area contributed by atoms with Crippen LogP contribution in [0.5, 0.6) is 0 Å². The number of alkyl carbamates (subject to hydrolysis) is 1. The highest BCUT2D eigenvalue weighted by atomic mass is 16.6. The first kappa shape index (κ1) is 32.2. The summed E-state index contributed by atoms with van der Waals surface area (Å²) < 4.78 is 21.8. The molecule has 9 nitrogen and oxygen atoms in total. The molecule has 1 amide bonds. The highest BCUT2D eigenvalue weighted by Crippen LogP contribution is 2.44. The van der Waals surface area contributed by atoms with Crippen LogP contribution in [0, 0.1) is 0 Å². The zero-order valence-electron chi connectivity index (χ0n) is 25.3. The summed E-state index contributed by atoms with van der Waals surface area (Å²) in [7, 11) is 0. The van der Waals surface area contributed by atoms with Crippen molar-refractivity contribution in [2.45, 2.75) is 51.4 Å². The van der Waals surface area contributed by atoms with E-state index in [0.29, 0.717) is 5.56 Å². The molecule has 44 heavy (non-hydrogen) atoms. The molecule has 0 saturated heterocycles. The molecule has 1 aliphatic rings. The predicted molar refractivity (Wildman–Crippen MR) is 164 cm³/mol. The van der Waals surface area contributed by atoms with E-state index in [1.54, 1.807) is 37.3 Å². The lowest BCUT2D eigenvalue weighted by molar-refractivity contribution is -0.152. The first-order chi connectivity index (χ1) is 21.0. The molecule has 0 spiro atoms. The Balaban J connectivity index is 1.32. The van der Waals surface area contributed by atoms with Gasteiger partial charge in [-0.15, -0.1) is 0 Å². The minimum atomic E-state index is -1.19. The van der Waals surface area contributed by atoms with Gasteiger partial charge in [0.25, 0.3) is 0 Å². The second kappa shape index (κ2) is 14.6. The molecular weight excluding hydrogens is 562 g/mol. The predicted octanol–water partition coefficient (Wildman–Crippen LogP) is 5.62. The molecule has 0 heterocycles. The highest BCUT2D eigenvalue weighted by molar-refractivity contribution is 5.98. The Labute approximate surface area is 257 Å². The number of amides is 1. The average molecular weight is 600 g/mol. The maximum absolute atomic E-state index is 13.0. The molecule has 0 fully saturated rings. The highest BCUT2D eigenvalue weighted by Gasteiger charge is 2.34. The van der Waals surface area contributed by atoms with Crippen molar-refractivity contribution in [3.8, 4) is 11.1 Å². The van der Waals surface area contributed by atoms with Crippen molar-refractivity contribution in [3.63, 3.8) is 0 Å². The summed E-state index contributed by atoms with van der Waals surface area (Å²) in [5, 5.41) is 2.60. The van der Waals surface area contributed by atoms with Gasteiger partial charge in [0.2, 0.25) is 0 Å². The van der Waals surface area contributed by atoms with Crippen LogP contribution in [0.1, 0.15) is 55.1 Å². The zero-order chi connectivity index (χ0) is 31.7. The van der Waals surface area contributed by atoms with Crippen molar-refractivity contribution in [2.75, 3.05) is 19.8 Å². The summed E-state index contributed by atoms with van der Waals surface area (Å²) in [5.41, 5.74) is 4.16. The number of esters is 2.